The monoisotopic (exact) mass is 475 g/mol. The first-order chi connectivity index (χ1) is 17.1. The molecule has 4 rings (SSSR count). The number of aromatic amines is 1. The van der Waals surface area contributed by atoms with Crippen LogP contribution in [-0.4, -0.2) is 46.9 Å². The van der Waals surface area contributed by atoms with Gasteiger partial charge in [-0.05, 0) is 43.3 Å². The number of ether oxygens (including phenoxy) is 4. The highest BCUT2D eigenvalue weighted by Crippen LogP contribution is 2.32. The molecule has 2 heterocycles. The van der Waals surface area contributed by atoms with E-state index in [-0.39, 0.29) is 5.95 Å². The Morgan fingerprint density at radius 3 is 2.63 bits per heavy atom. The molecule has 0 aliphatic heterocycles. The van der Waals surface area contributed by atoms with E-state index < -0.39 is 5.91 Å². The number of aromatic nitrogens is 4. The van der Waals surface area contributed by atoms with Gasteiger partial charge in [0.1, 0.15) is 18.1 Å². The summed E-state index contributed by atoms with van der Waals surface area (Å²) in [6.07, 6.45) is 3.43. The number of rotatable bonds is 10. The van der Waals surface area contributed by atoms with Gasteiger partial charge in [-0.15, -0.1) is 5.10 Å². The maximum atomic E-state index is 12.9. The lowest BCUT2D eigenvalue weighted by atomic mass is 10.2. The Labute approximate surface area is 202 Å². The van der Waals surface area contributed by atoms with Gasteiger partial charge in [0.25, 0.3) is 5.91 Å². The van der Waals surface area contributed by atoms with Gasteiger partial charge in [0, 0.05) is 29.6 Å². The number of anilines is 1. The number of methoxy groups -OCH3 is 2. The van der Waals surface area contributed by atoms with E-state index in [1.54, 1.807) is 63.0 Å². The molecule has 2 N–H and O–H groups in total. The van der Waals surface area contributed by atoms with Crippen molar-refractivity contribution in [1.82, 2.24) is 20.2 Å². The molecule has 0 fully saturated rings. The van der Waals surface area contributed by atoms with Gasteiger partial charge in [0.15, 0.2) is 17.3 Å². The van der Waals surface area contributed by atoms with Crippen LogP contribution in [0.25, 0.3) is 11.4 Å². The van der Waals surface area contributed by atoms with Crippen molar-refractivity contribution in [2.24, 2.45) is 0 Å². The zero-order valence-corrected chi connectivity index (χ0v) is 19.6. The van der Waals surface area contributed by atoms with Gasteiger partial charge in [-0.25, -0.2) is 0 Å². The molecule has 0 unspecified atom stereocenters. The number of carbonyl (C=O) groups excluding carboxylic acids is 1. The quantitative estimate of drug-likeness (QED) is 0.352. The molecule has 0 atom stereocenters. The molecule has 35 heavy (non-hydrogen) atoms. The second-order valence-electron chi connectivity index (χ2n) is 7.27. The predicted octanol–water partition coefficient (Wildman–Crippen LogP) is 4.11. The van der Waals surface area contributed by atoms with Crippen LogP contribution in [0.4, 0.5) is 5.95 Å². The molecule has 0 radical (unpaired) electrons. The van der Waals surface area contributed by atoms with E-state index in [4.69, 9.17) is 18.9 Å². The van der Waals surface area contributed by atoms with E-state index >= 15 is 0 Å². The van der Waals surface area contributed by atoms with Crippen LogP contribution in [0, 0.1) is 0 Å². The summed E-state index contributed by atoms with van der Waals surface area (Å²) in [5.74, 6) is 2.36. The third kappa shape index (κ3) is 5.67. The molecule has 180 valence electrons. The van der Waals surface area contributed by atoms with Crippen LogP contribution in [0.5, 0.6) is 23.0 Å². The minimum absolute atomic E-state index is 0.123. The highest BCUT2D eigenvalue weighted by Gasteiger charge is 2.16. The SMILES string of the molecule is CCOc1cc(C(=O)Nc2n[nH]c(-c3ccc(OC)cc3OC)n2)ccc1OCc1cccnc1. The van der Waals surface area contributed by atoms with Gasteiger partial charge in [-0.1, -0.05) is 6.07 Å². The molecule has 0 aliphatic carbocycles. The number of nitrogens with one attached hydrogen (secondary N) is 2. The molecular weight excluding hydrogens is 450 g/mol. The van der Waals surface area contributed by atoms with Gasteiger partial charge in [0.2, 0.25) is 5.95 Å². The predicted molar refractivity (Wildman–Crippen MR) is 129 cm³/mol. The van der Waals surface area contributed by atoms with Crippen molar-refractivity contribution in [2.45, 2.75) is 13.5 Å². The van der Waals surface area contributed by atoms with E-state index in [0.717, 1.165) is 5.56 Å². The van der Waals surface area contributed by atoms with Crippen molar-refractivity contribution in [3.8, 4) is 34.4 Å². The molecular formula is C25H25N5O5. The second kappa shape index (κ2) is 11.0. The number of nitrogens with zero attached hydrogens (tertiary/aromatic N) is 3. The molecule has 10 heteroatoms. The standard InChI is InChI=1S/C25H25N5O5/c1-4-34-22-12-17(7-10-20(22)35-15-16-6-5-11-26-14-16)24(31)28-25-27-23(29-30-25)19-9-8-18(32-2)13-21(19)33-3/h5-14H,4,15H2,1-3H3,(H2,27,28,29,30,31). The van der Waals surface area contributed by atoms with E-state index in [2.05, 4.69) is 25.5 Å². The normalized spacial score (nSPS) is 10.5. The van der Waals surface area contributed by atoms with E-state index in [1.165, 1.54) is 0 Å². The number of H-pyrrole nitrogens is 1. The lowest BCUT2D eigenvalue weighted by Crippen LogP contribution is -2.13. The third-order valence-corrected chi connectivity index (χ3v) is 5.00. The molecule has 2 aromatic carbocycles. The van der Waals surface area contributed by atoms with E-state index in [9.17, 15) is 4.79 Å². The molecule has 4 aromatic rings. The van der Waals surface area contributed by atoms with Crippen molar-refractivity contribution in [3.63, 3.8) is 0 Å². The number of benzene rings is 2. The summed E-state index contributed by atoms with van der Waals surface area (Å²) in [5, 5.41) is 9.61. The fraction of sp³-hybridized carbons (Fsp3) is 0.200. The van der Waals surface area contributed by atoms with Crippen LogP contribution in [-0.2, 0) is 6.61 Å². The molecule has 0 bridgehead atoms. The number of carbonyl (C=O) groups is 1. The van der Waals surface area contributed by atoms with E-state index in [1.807, 2.05) is 19.1 Å². The topological polar surface area (TPSA) is 120 Å². The summed E-state index contributed by atoms with van der Waals surface area (Å²) >= 11 is 0. The average molecular weight is 476 g/mol. The molecule has 0 saturated heterocycles. The zero-order chi connectivity index (χ0) is 24.6. The number of hydrogen-bond donors (Lipinski definition) is 2. The first-order valence-electron chi connectivity index (χ1n) is 10.9. The Morgan fingerprint density at radius 1 is 1.00 bits per heavy atom. The maximum absolute atomic E-state index is 12.9. The van der Waals surface area contributed by atoms with Crippen LogP contribution in [0.2, 0.25) is 0 Å². The smallest absolute Gasteiger partial charge is 0.258 e. The fourth-order valence-corrected chi connectivity index (χ4v) is 3.29. The maximum Gasteiger partial charge on any atom is 0.258 e. The summed E-state index contributed by atoms with van der Waals surface area (Å²) in [4.78, 5) is 21.3. The zero-order valence-electron chi connectivity index (χ0n) is 19.6. The summed E-state index contributed by atoms with van der Waals surface area (Å²) < 4.78 is 22.2. The minimum Gasteiger partial charge on any atom is -0.497 e. The Hall–Kier alpha value is -4.60. The van der Waals surface area contributed by atoms with Crippen LogP contribution in [0.15, 0.2) is 60.9 Å². The van der Waals surface area contributed by atoms with Gasteiger partial charge in [-0.3, -0.25) is 20.2 Å². The first-order valence-corrected chi connectivity index (χ1v) is 10.9. The van der Waals surface area contributed by atoms with Crippen LogP contribution in [0.1, 0.15) is 22.8 Å². The number of hydrogen-bond acceptors (Lipinski definition) is 8. The highest BCUT2D eigenvalue weighted by atomic mass is 16.5. The molecule has 0 aliphatic rings. The summed E-state index contributed by atoms with van der Waals surface area (Å²) in [6, 6.07) is 14.0. The summed E-state index contributed by atoms with van der Waals surface area (Å²) in [5.41, 5.74) is 1.97. The summed E-state index contributed by atoms with van der Waals surface area (Å²) in [7, 11) is 3.13. The third-order valence-electron chi connectivity index (χ3n) is 5.00. The Balaban J connectivity index is 1.48. The van der Waals surface area contributed by atoms with Crippen LogP contribution >= 0.6 is 0 Å². The Bertz CT molecular complexity index is 1290. The van der Waals surface area contributed by atoms with Gasteiger partial charge in [0.05, 0.1) is 26.4 Å². The lowest BCUT2D eigenvalue weighted by molar-refractivity contribution is 0.102. The highest BCUT2D eigenvalue weighted by molar-refractivity contribution is 6.03. The van der Waals surface area contributed by atoms with Crippen molar-refractivity contribution in [2.75, 3.05) is 26.1 Å². The lowest BCUT2D eigenvalue weighted by Gasteiger charge is -2.13. The van der Waals surface area contributed by atoms with Gasteiger partial charge >= 0.3 is 0 Å². The largest absolute Gasteiger partial charge is 0.497 e. The van der Waals surface area contributed by atoms with Gasteiger partial charge < -0.3 is 18.9 Å². The Morgan fingerprint density at radius 2 is 1.89 bits per heavy atom. The number of amides is 1. The Kier molecular flexibility index (Phi) is 7.41. The fourth-order valence-electron chi connectivity index (χ4n) is 3.29. The molecule has 10 nitrogen and oxygen atoms in total. The van der Waals surface area contributed by atoms with Gasteiger partial charge in [-0.2, -0.15) is 4.98 Å². The van der Waals surface area contributed by atoms with Crippen LogP contribution < -0.4 is 24.3 Å². The second-order valence-corrected chi connectivity index (χ2v) is 7.27. The molecule has 2 aromatic heterocycles. The average Bonchev–Trinajstić information content (AvgIpc) is 3.36. The van der Waals surface area contributed by atoms with Crippen LogP contribution in [0.3, 0.4) is 0 Å². The molecule has 0 spiro atoms. The molecule has 1 amide bonds. The van der Waals surface area contributed by atoms with Crippen molar-refractivity contribution in [3.05, 3.63) is 72.1 Å². The molecule has 0 saturated carbocycles. The van der Waals surface area contributed by atoms with E-state index in [0.29, 0.717) is 53.2 Å². The number of pyridine rings is 1. The first kappa shape index (κ1) is 23.6. The van der Waals surface area contributed by atoms with Crippen molar-refractivity contribution < 1.29 is 23.7 Å². The van der Waals surface area contributed by atoms with Crippen molar-refractivity contribution >= 4 is 11.9 Å². The summed E-state index contributed by atoms with van der Waals surface area (Å²) in [6.45, 7) is 2.61. The van der Waals surface area contributed by atoms with Crippen molar-refractivity contribution in [1.29, 1.82) is 0 Å². The minimum atomic E-state index is -0.392.